The molecule has 0 unspecified atom stereocenters. The molecule has 1 N–H and O–H groups in total. The Balaban J connectivity index is 1.76. The third kappa shape index (κ3) is 2.99. The zero-order valence-electron chi connectivity index (χ0n) is 13.0. The summed E-state index contributed by atoms with van der Waals surface area (Å²) in [5.41, 5.74) is 4.28. The number of nitrogens with zero attached hydrogens (tertiary/aromatic N) is 2. The molecule has 0 saturated heterocycles. The maximum absolute atomic E-state index is 6.00. The quantitative estimate of drug-likeness (QED) is 0.535. The summed E-state index contributed by atoms with van der Waals surface area (Å²) in [5, 5.41) is 4.17. The number of hydrogen-bond acceptors (Lipinski definition) is 2. The van der Waals surface area contributed by atoms with Crippen LogP contribution in [0.1, 0.15) is 5.56 Å². The molecule has 3 aromatic carbocycles. The van der Waals surface area contributed by atoms with E-state index < -0.39 is 0 Å². The van der Waals surface area contributed by atoms with Crippen LogP contribution >= 0.6 is 11.6 Å². The smallest absolute Gasteiger partial charge is 0.208 e. The number of anilines is 2. The normalized spacial score (nSPS) is 10.9. The average Bonchev–Trinajstić information content (AvgIpc) is 2.95. The fraction of sp³-hybridized carbons (Fsp3) is 0.0500. The number of para-hydroxylation sites is 3. The second-order valence-electron chi connectivity index (χ2n) is 5.63. The van der Waals surface area contributed by atoms with E-state index in [1.165, 1.54) is 5.56 Å². The van der Waals surface area contributed by atoms with E-state index in [-0.39, 0.29) is 0 Å². The van der Waals surface area contributed by atoms with E-state index in [1.807, 2.05) is 72.8 Å². The predicted octanol–water partition coefficient (Wildman–Crippen LogP) is 5.48. The molecule has 118 valence electrons. The molecule has 0 radical (unpaired) electrons. The van der Waals surface area contributed by atoms with Crippen molar-refractivity contribution in [1.29, 1.82) is 0 Å². The molecule has 0 saturated carbocycles. The Kier molecular flexibility index (Phi) is 3.93. The molecule has 4 aromatic rings. The first kappa shape index (κ1) is 14.8. The molecule has 4 rings (SSSR count). The van der Waals surface area contributed by atoms with Gasteiger partial charge in [0.15, 0.2) is 0 Å². The lowest BCUT2D eigenvalue weighted by molar-refractivity contribution is 0.835. The van der Waals surface area contributed by atoms with Crippen LogP contribution in [0.5, 0.6) is 0 Å². The molecule has 0 spiro atoms. The Morgan fingerprint density at radius 2 is 1.54 bits per heavy atom. The number of aromatic nitrogens is 2. The van der Waals surface area contributed by atoms with Crippen LogP contribution in [0, 0.1) is 0 Å². The van der Waals surface area contributed by atoms with Crippen molar-refractivity contribution in [3.8, 4) is 0 Å². The van der Waals surface area contributed by atoms with E-state index in [0.717, 1.165) is 34.2 Å². The van der Waals surface area contributed by atoms with E-state index in [9.17, 15) is 0 Å². The first-order valence-electron chi connectivity index (χ1n) is 7.81. The van der Waals surface area contributed by atoms with Gasteiger partial charge in [-0.05, 0) is 42.0 Å². The molecule has 0 fully saturated rings. The van der Waals surface area contributed by atoms with Crippen LogP contribution in [-0.4, -0.2) is 9.55 Å². The summed E-state index contributed by atoms with van der Waals surface area (Å²) in [5.74, 6) is 0.831. The molecule has 4 heteroatoms. The average molecular weight is 334 g/mol. The lowest BCUT2D eigenvalue weighted by atomic mass is 10.2. The highest BCUT2D eigenvalue weighted by molar-refractivity contribution is 6.30. The summed E-state index contributed by atoms with van der Waals surface area (Å²) in [4.78, 5) is 4.75. The minimum atomic E-state index is 0.729. The summed E-state index contributed by atoms with van der Waals surface area (Å²) in [6, 6.07) is 26.2. The van der Waals surface area contributed by atoms with Crippen LogP contribution in [0.4, 0.5) is 11.6 Å². The Labute approximate surface area is 145 Å². The topological polar surface area (TPSA) is 29.9 Å². The van der Waals surface area contributed by atoms with Crippen LogP contribution in [0.15, 0.2) is 78.9 Å². The first-order valence-corrected chi connectivity index (χ1v) is 8.19. The number of nitrogens with one attached hydrogen (secondary N) is 1. The zero-order valence-corrected chi connectivity index (χ0v) is 13.7. The van der Waals surface area contributed by atoms with Gasteiger partial charge in [-0.3, -0.25) is 0 Å². The summed E-state index contributed by atoms with van der Waals surface area (Å²) in [6.45, 7) is 0.729. The van der Waals surface area contributed by atoms with Crippen LogP contribution in [0.2, 0.25) is 5.02 Å². The fourth-order valence-corrected chi connectivity index (χ4v) is 2.88. The van der Waals surface area contributed by atoms with Gasteiger partial charge in [0.25, 0.3) is 0 Å². The van der Waals surface area contributed by atoms with E-state index in [1.54, 1.807) is 0 Å². The molecular formula is C20H16ClN3. The van der Waals surface area contributed by atoms with Crippen molar-refractivity contribution in [2.24, 2.45) is 0 Å². The van der Waals surface area contributed by atoms with Gasteiger partial charge in [-0.1, -0.05) is 54.1 Å². The minimum absolute atomic E-state index is 0.729. The van der Waals surface area contributed by atoms with E-state index in [2.05, 4.69) is 16.0 Å². The molecule has 0 atom stereocenters. The third-order valence-corrected chi connectivity index (χ3v) is 4.19. The van der Waals surface area contributed by atoms with Crippen LogP contribution in [0.3, 0.4) is 0 Å². The van der Waals surface area contributed by atoms with Crippen molar-refractivity contribution < 1.29 is 0 Å². The highest BCUT2D eigenvalue weighted by Crippen LogP contribution is 2.24. The Morgan fingerprint density at radius 3 is 2.33 bits per heavy atom. The van der Waals surface area contributed by atoms with Gasteiger partial charge in [-0.2, -0.15) is 0 Å². The Hall–Kier alpha value is -2.78. The molecule has 24 heavy (non-hydrogen) atoms. The summed E-state index contributed by atoms with van der Waals surface area (Å²) < 4.78 is 2.19. The lowest BCUT2D eigenvalue weighted by Crippen LogP contribution is -2.05. The highest BCUT2D eigenvalue weighted by Gasteiger charge is 2.11. The van der Waals surface area contributed by atoms with Crippen molar-refractivity contribution in [1.82, 2.24) is 9.55 Å². The van der Waals surface area contributed by atoms with Crippen molar-refractivity contribution in [2.75, 3.05) is 5.32 Å². The standard InChI is InChI=1S/C20H16ClN3/c21-16-12-10-15(11-13-16)14-24-19-9-5-4-8-18(19)23-20(24)22-17-6-2-1-3-7-17/h1-13H,14H2,(H,22,23). The maximum Gasteiger partial charge on any atom is 0.208 e. The van der Waals surface area contributed by atoms with E-state index in [4.69, 9.17) is 16.6 Å². The monoisotopic (exact) mass is 333 g/mol. The summed E-state index contributed by atoms with van der Waals surface area (Å²) in [7, 11) is 0. The van der Waals surface area contributed by atoms with Gasteiger partial charge in [0.05, 0.1) is 17.6 Å². The van der Waals surface area contributed by atoms with Gasteiger partial charge in [0.2, 0.25) is 5.95 Å². The molecule has 0 bridgehead atoms. The maximum atomic E-state index is 6.00. The van der Waals surface area contributed by atoms with Crippen molar-refractivity contribution in [3.05, 3.63) is 89.4 Å². The van der Waals surface area contributed by atoms with Crippen molar-refractivity contribution in [2.45, 2.75) is 6.54 Å². The molecule has 3 nitrogen and oxygen atoms in total. The van der Waals surface area contributed by atoms with Gasteiger partial charge < -0.3 is 9.88 Å². The predicted molar refractivity (Wildman–Crippen MR) is 100 cm³/mol. The molecule has 1 aromatic heterocycles. The molecule has 0 aliphatic carbocycles. The minimum Gasteiger partial charge on any atom is -0.326 e. The largest absolute Gasteiger partial charge is 0.326 e. The molecule has 0 amide bonds. The lowest BCUT2D eigenvalue weighted by Gasteiger charge is -2.11. The van der Waals surface area contributed by atoms with E-state index in [0.29, 0.717) is 0 Å². The van der Waals surface area contributed by atoms with Gasteiger partial charge in [-0.25, -0.2) is 4.98 Å². The van der Waals surface area contributed by atoms with Crippen LogP contribution in [0.25, 0.3) is 11.0 Å². The molecule has 0 aliphatic rings. The molecular weight excluding hydrogens is 318 g/mol. The SMILES string of the molecule is Clc1ccc(Cn2c(Nc3ccccc3)nc3ccccc32)cc1. The van der Waals surface area contributed by atoms with Gasteiger partial charge in [0, 0.05) is 10.7 Å². The zero-order chi connectivity index (χ0) is 16.4. The molecule has 0 aliphatic heterocycles. The third-order valence-electron chi connectivity index (χ3n) is 3.94. The first-order chi connectivity index (χ1) is 11.8. The highest BCUT2D eigenvalue weighted by atomic mass is 35.5. The van der Waals surface area contributed by atoms with Gasteiger partial charge >= 0.3 is 0 Å². The Morgan fingerprint density at radius 1 is 0.833 bits per heavy atom. The molecule has 1 heterocycles. The Bertz CT molecular complexity index is 959. The van der Waals surface area contributed by atoms with E-state index >= 15 is 0 Å². The van der Waals surface area contributed by atoms with Gasteiger partial charge in [-0.15, -0.1) is 0 Å². The number of hydrogen-bond donors (Lipinski definition) is 1. The number of halogens is 1. The van der Waals surface area contributed by atoms with Crippen LogP contribution in [-0.2, 0) is 6.54 Å². The second kappa shape index (κ2) is 6.38. The number of imidazole rings is 1. The van der Waals surface area contributed by atoms with Crippen molar-refractivity contribution in [3.63, 3.8) is 0 Å². The fourth-order valence-electron chi connectivity index (χ4n) is 2.75. The van der Waals surface area contributed by atoms with Crippen molar-refractivity contribution >= 4 is 34.3 Å². The summed E-state index contributed by atoms with van der Waals surface area (Å²) in [6.07, 6.45) is 0. The second-order valence-corrected chi connectivity index (χ2v) is 6.06. The summed E-state index contributed by atoms with van der Waals surface area (Å²) >= 11 is 6.00. The van der Waals surface area contributed by atoms with Crippen LogP contribution < -0.4 is 5.32 Å². The number of benzene rings is 3. The number of fused-ring (bicyclic) bond motifs is 1. The van der Waals surface area contributed by atoms with Gasteiger partial charge in [0.1, 0.15) is 0 Å². The number of rotatable bonds is 4.